The molecule has 0 saturated carbocycles. The molecular weight excluding hydrogens is 334 g/mol. The van der Waals surface area contributed by atoms with Gasteiger partial charge in [-0.2, -0.15) is 0 Å². The molecule has 0 spiro atoms. The number of hydrogen-bond donors (Lipinski definition) is 2. The topological polar surface area (TPSA) is 66.9 Å². The summed E-state index contributed by atoms with van der Waals surface area (Å²) in [6, 6.07) is 11.7. The molecule has 2 aromatic carbocycles. The molecule has 2 N–H and O–H groups in total. The standard InChI is InChI=1S/C16H12ClN3O2S/c1-20-15(22)12-6-5-9(7-13(12)19-16(20)23)14(21)18-11-4-2-3-10(17)8-11/h2-8H,1H3,(H,18,21)(H,19,23). The number of aromatic amines is 1. The number of benzene rings is 2. The van der Waals surface area contributed by atoms with Crippen LogP contribution in [0.3, 0.4) is 0 Å². The first-order valence-electron chi connectivity index (χ1n) is 6.76. The molecule has 1 heterocycles. The van der Waals surface area contributed by atoms with E-state index in [0.717, 1.165) is 0 Å². The molecule has 0 bridgehead atoms. The number of fused-ring (bicyclic) bond motifs is 1. The van der Waals surface area contributed by atoms with Gasteiger partial charge in [-0.15, -0.1) is 0 Å². The summed E-state index contributed by atoms with van der Waals surface area (Å²) in [7, 11) is 1.60. The van der Waals surface area contributed by atoms with E-state index in [1.165, 1.54) is 4.57 Å². The molecule has 0 radical (unpaired) electrons. The quantitative estimate of drug-likeness (QED) is 0.698. The summed E-state index contributed by atoms with van der Waals surface area (Å²) in [6.45, 7) is 0. The summed E-state index contributed by atoms with van der Waals surface area (Å²) in [5.74, 6) is -0.297. The van der Waals surface area contributed by atoms with Crippen LogP contribution in [-0.4, -0.2) is 15.5 Å². The van der Waals surface area contributed by atoms with Crippen LogP contribution in [0.4, 0.5) is 5.69 Å². The molecule has 0 saturated heterocycles. The molecule has 5 nitrogen and oxygen atoms in total. The molecule has 116 valence electrons. The Morgan fingerprint density at radius 1 is 1.26 bits per heavy atom. The first-order chi connectivity index (χ1) is 11.0. The van der Waals surface area contributed by atoms with E-state index in [-0.39, 0.29) is 11.5 Å². The van der Waals surface area contributed by atoms with Crippen molar-refractivity contribution in [2.45, 2.75) is 0 Å². The number of nitrogens with zero attached hydrogens (tertiary/aromatic N) is 1. The van der Waals surface area contributed by atoms with E-state index in [1.807, 2.05) is 0 Å². The highest BCUT2D eigenvalue weighted by molar-refractivity contribution is 7.71. The van der Waals surface area contributed by atoms with Crippen molar-refractivity contribution in [3.05, 3.63) is 68.2 Å². The van der Waals surface area contributed by atoms with Crippen LogP contribution < -0.4 is 10.9 Å². The number of H-pyrrole nitrogens is 1. The lowest BCUT2D eigenvalue weighted by atomic mass is 10.1. The smallest absolute Gasteiger partial charge is 0.261 e. The Bertz CT molecular complexity index is 1040. The van der Waals surface area contributed by atoms with E-state index in [4.69, 9.17) is 23.8 Å². The van der Waals surface area contributed by atoms with Crippen LogP contribution in [0.15, 0.2) is 47.3 Å². The second kappa shape index (κ2) is 5.98. The van der Waals surface area contributed by atoms with Gasteiger partial charge in [-0.1, -0.05) is 17.7 Å². The maximum Gasteiger partial charge on any atom is 0.261 e. The maximum atomic E-state index is 12.3. The van der Waals surface area contributed by atoms with Crippen LogP contribution in [0.25, 0.3) is 10.9 Å². The van der Waals surface area contributed by atoms with Gasteiger partial charge in [-0.25, -0.2) is 0 Å². The van der Waals surface area contributed by atoms with Gasteiger partial charge >= 0.3 is 0 Å². The van der Waals surface area contributed by atoms with E-state index >= 15 is 0 Å². The predicted octanol–water partition coefficient (Wildman–Crippen LogP) is 3.50. The number of amides is 1. The van der Waals surface area contributed by atoms with Gasteiger partial charge in [0.2, 0.25) is 0 Å². The lowest BCUT2D eigenvalue weighted by Crippen LogP contribution is -2.19. The zero-order chi connectivity index (χ0) is 16.6. The van der Waals surface area contributed by atoms with Gasteiger partial charge in [-0.05, 0) is 48.6 Å². The molecule has 1 aromatic heterocycles. The van der Waals surface area contributed by atoms with Crippen molar-refractivity contribution in [3.63, 3.8) is 0 Å². The van der Waals surface area contributed by atoms with Gasteiger partial charge in [0.25, 0.3) is 11.5 Å². The average Bonchev–Trinajstić information content (AvgIpc) is 2.52. The van der Waals surface area contributed by atoms with Gasteiger partial charge in [0.1, 0.15) is 0 Å². The number of carbonyl (C=O) groups is 1. The highest BCUT2D eigenvalue weighted by atomic mass is 35.5. The highest BCUT2D eigenvalue weighted by Crippen LogP contribution is 2.17. The van der Waals surface area contributed by atoms with Gasteiger partial charge < -0.3 is 10.3 Å². The monoisotopic (exact) mass is 345 g/mol. The summed E-state index contributed by atoms with van der Waals surface area (Å²) in [5.41, 5.74) is 1.33. The molecule has 3 aromatic rings. The van der Waals surface area contributed by atoms with Crippen molar-refractivity contribution >= 4 is 46.3 Å². The number of carbonyl (C=O) groups excluding carboxylic acids is 1. The van der Waals surface area contributed by atoms with Crippen molar-refractivity contribution in [1.29, 1.82) is 0 Å². The third-order valence-electron chi connectivity index (χ3n) is 3.45. The first-order valence-corrected chi connectivity index (χ1v) is 7.54. The molecule has 0 aliphatic rings. The summed E-state index contributed by atoms with van der Waals surface area (Å²) in [6.07, 6.45) is 0. The fraction of sp³-hybridized carbons (Fsp3) is 0.0625. The number of nitrogens with one attached hydrogen (secondary N) is 2. The minimum Gasteiger partial charge on any atom is -0.332 e. The molecule has 0 fully saturated rings. The van der Waals surface area contributed by atoms with Crippen LogP contribution in [0.1, 0.15) is 10.4 Å². The Morgan fingerprint density at radius 2 is 2.04 bits per heavy atom. The lowest BCUT2D eigenvalue weighted by Gasteiger charge is -2.07. The molecule has 0 atom stereocenters. The van der Waals surface area contributed by atoms with Gasteiger partial charge in [0, 0.05) is 23.3 Å². The van der Waals surface area contributed by atoms with Crippen molar-refractivity contribution < 1.29 is 4.79 Å². The first kappa shape index (κ1) is 15.5. The molecule has 0 aliphatic heterocycles. The minimum absolute atomic E-state index is 0.203. The molecule has 0 aliphatic carbocycles. The van der Waals surface area contributed by atoms with Gasteiger partial charge in [-0.3, -0.25) is 14.2 Å². The lowest BCUT2D eigenvalue weighted by molar-refractivity contribution is 0.102. The predicted molar refractivity (Wildman–Crippen MR) is 93.8 cm³/mol. The van der Waals surface area contributed by atoms with Crippen LogP contribution >= 0.6 is 23.8 Å². The molecule has 1 amide bonds. The van der Waals surface area contributed by atoms with E-state index in [2.05, 4.69) is 10.3 Å². The van der Waals surface area contributed by atoms with Gasteiger partial charge in [0.15, 0.2) is 4.77 Å². The number of halogens is 1. The second-order valence-electron chi connectivity index (χ2n) is 5.02. The second-order valence-corrected chi connectivity index (χ2v) is 5.84. The SMILES string of the molecule is Cn1c(=S)[nH]c2cc(C(=O)Nc3cccc(Cl)c3)ccc2c1=O. The molecular formula is C16H12ClN3O2S. The Hall–Kier alpha value is -2.44. The van der Waals surface area contributed by atoms with E-state index in [1.54, 1.807) is 49.5 Å². The molecule has 23 heavy (non-hydrogen) atoms. The molecule has 7 heteroatoms. The van der Waals surface area contributed by atoms with Crippen molar-refractivity contribution in [1.82, 2.24) is 9.55 Å². The average molecular weight is 346 g/mol. The third kappa shape index (κ3) is 3.04. The fourth-order valence-electron chi connectivity index (χ4n) is 2.22. The largest absolute Gasteiger partial charge is 0.332 e. The Balaban J connectivity index is 2.00. The van der Waals surface area contributed by atoms with Crippen LogP contribution in [0, 0.1) is 4.77 Å². The molecule has 3 rings (SSSR count). The number of anilines is 1. The molecule has 0 unspecified atom stereocenters. The van der Waals surface area contributed by atoms with Crippen molar-refractivity contribution in [2.75, 3.05) is 5.32 Å². The van der Waals surface area contributed by atoms with Crippen LogP contribution in [-0.2, 0) is 7.05 Å². The maximum absolute atomic E-state index is 12.3. The van der Waals surface area contributed by atoms with Crippen LogP contribution in [0.5, 0.6) is 0 Å². The number of rotatable bonds is 2. The third-order valence-corrected chi connectivity index (χ3v) is 4.06. The highest BCUT2D eigenvalue weighted by Gasteiger charge is 2.10. The van der Waals surface area contributed by atoms with E-state index in [0.29, 0.717) is 31.9 Å². The summed E-state index contributed by atoms with van der Waals surface area (Å²) in [4.78, 5) is 27.4. The zero-order valence-corrected chi connectivity index (χ0v) is 13.7. The Labute approximate surface area is 141 Å². The Kier molecular flexibility index (Phi) is 4.02. The zero-order valence-electron chi connectivity index (χ0n) is 12.1. The van der Waals surface area contributed by atoms with E-state index < -0.39 is 0 Å². The summed E-state index contributed by atoms with van der Waals surface area (Å²) >= 11 is 11.0. The number of aromatic nitrogens is 2. The number of hydrogen-bond acceptors (Lipinski definition) is 3. The van der Waals surface area contributed by atoms with Gasteiger partial charge in [0.05, 0.1) is 10.9 Å². The summed E-state index contributed by atoms with van der Waals surface area (Å²) < 4.78 is 1.65. The van der Waals surface area contributed by atoms with Crippen LogP contribution in [0.2, 0.25) is 5.02 Å². The van der Waals surface area contributed by atoms with Crippen molar-refractivity contribution in [3.8, 4) is 0 Å². The van der Waals surface area contributed by atoms with E-state index in [9.17, 15) is 9.59 Å². The Morgan fingerprint density at radius 3 is 2.78 bits per heavy atom. The normalized spacial score (nSPS) is 10.7. The fourth-order valence-corrected chi connectivity index (χ4v) is 2.60. The summed E-state index contributed by atoms with van der Waals surface area (Å²) in [5, 5.41) is 3.77. The van der Waals surface area contributed by atoms with Crippen molar-refractivity contribution in [2.24, 2.45) is 7.05 Å². The minimum atomic E-state index is -0.297.